The van der Waals surface area contributed by atoms with Gasteiger partial charge in [-0.2, -0.15) is 5.10 Å². The maximum atomic E-state index is 13.5. The largest absolute Gasteiger partial charge is 0.336 e. The summed E-state index contributed by atoms with van der Waals surface area (Å²) >= 11 is 5.32. The van der Waals surface area contributed by atoms with E-state index in [0.717, 1.165) is 55.0 Å². The summed E-state index contributed by atoms with van der Waals surface area (Å²) in [6.07, 6.45) is 4.15. The third-order valence-electron chi connectivity index (χ3n) is 5.97. The molecule has 0 bridgehead atoms. The molecule has 2 fully saturated rings. The highest BCUT2D eigenvalue weighted by molar-refractivity contribution is 9.11. The van der Waals surface area contributed by atoms with E-state index in [2.05, 4.69) is 51.9 Å². The van der Waals surface area contributed by atoms with Crippen LogP contribution in [0.5, 0.6) is 0 Å². The van der Waals surface area contributed by atoms with Crippen LogP contribution in [-0.4, -0.2) is 56.7 Å². The monoisotopic (exact) mass is 487 g/mol. The molecule has 0 spiro atoms. The molecule has 0 atom stereocenters. The molecule has 0 radical (unpaired) electrons. The van der Waals surface area contributed by atoms with Crippen molar-refractivity contribution in [1.29, 1.82) is 0 Å². The van der Waals surface area contributed by atoms with Crippen molar-refractivity contribution in [3.05, 3.63) is 44.3 Å². The van der Waals surface area contributed by atoms with E-state index in [1.807, 2.05) is 21.8 Å². The highest BCUT2D eigenvalue weighted by Gasteiger charge is 2.30. The first kappa shape index (κ1) is 20.2. The first-order valence-electron chi connectivity index (χ1n) is 10.6. The van der Waals surface area contributed by atoms with Gasteiger partial charge in [0, 0.05) is 55.3 Å². The van der Waals surface area contributed by atoms with Gasteiger partial charge in [0.1, 0.15) is 0 Å². The van der Waals surface area contributed by atoms with Crippen molar-refractivity contribution < 1.29 is 4.79 Å². The molecule has 0 N–H and O–H groups in total. The molecule has 1 amide bonds. The Bertz CT molecular complexity index is 1080. The molecule has 2 aliphatic rings. The third kappa shape index (κ3) is 3.92. The van der Waals surface area contributed by atoms with Crippen LogP contribution >= 0.6 is 27.3 Å². The van der Waals surface area contributed by atoms with Gasteiger partial charge in [0.2, 0.25) is 0 Å². The Morgan fingerprint density at radius 2 is 2.00 bits per heavy atom. The van der Waals surface area contributed by atoms with Crippen LogP contribution in [0.2, 0.25) is 0 Å². The molecule has 6 nitrogen and oxygen atoms in total. The highest BCUT2D eigenvalue weighted by Crippen LogP contribution is 2.40. The number of pyridine rings is 1. The van der Waals surface area contributed by atoms with E-state index in [1.54, 1.807) is 11.3 Å². The Morgan fingerprint density at radius 1 is 1.23 bits per heavy atom. The molecule has 0 aromatic carbocycles. The predicted molar refractivity (Wildman–Crippen MR) is 123 cm³/mol. The van der Waals surface area contributed by atoms with Gasteiger partial charge in [-0.15, -0.1) is 11.3 Å². The van der Waals surface area contributed by atoms with Crippen LogP contribution in [0.15, 0.2) is 28.2 Å². The number of thiophene rings is 1. The van der Waals surface area contributed by atoms with E-state index in [9.17, 15) is 4.79 Å². The quantitative estimate of drug-likeness (QED) is 0.524. The number of halogens is 1. The Hall–Kier alpha value is -1.77. The summed E-state index contributed by atoms with van der Waals surface area (Å²) in [6.45, 7) is 8.46. The molecule has 1 saturated heterocycles. The van der Waals surface area contributed by atoms with Gasteiger partial charge >= 0.3 is 0 Å². The molecule has 1 aliphatic carbocycles. The van der Waals surface area contributed by atoms with Crippen molar-refractivity contribution in [3.8, 4) is 0 Å². The maximum absolute atomic E-state index is 13.5. The predicted octanol–water partition coefficient (Wildman–Crippen LogP) is 4.67. The van der Waals surface area contributed by atoms with Gasteiger partial charge in [-0.1, -0.05) is 0 Å². The molecule has 4 heterocycles. The van der Waals surface area contributed by atoms with E-state index in [4.69, 9.17) is 4.98 Å². The summed E-state index contributed by atoms with van der Waals surface area (Å²) in [4.78, 5) is 24.2. The Morgan fingerprint density at radius 3 is 2.63 bits per heavy atom. The molecule has 1 aliphatic heterocycles. The molecule has 8 heteroatoms. The zero-order chi connectivity index (χ0) is 20.8. The fourth-order valence-corrected chi connectivity index (χ4v) is 5.64. The topological polar surface area (TPSA) is 54.3 Å². The number of hydrogen-bond donors (Lipinski definition) is 0. The number of fused-ring (bicyclic) bond motifs is 1. The van der Waals surface area contributed by atoms with Gasteiger partial charge in [-0.3, -0.25) is 9.69 Å². The van der Waals surface area contributed by atoms with Crippen LogP contribution in [-0.2, 0) is 6.54 Å². The Balaban J connectivity index is 1.36. The standard InChI is InChI=1S/C22H26BrN5OS/c1-14(2)28-21-18(12-24-28)17(11-19(25-21)15-3-4-15)22(29)27-9-7-26(8-10-27)13-16-5-6-20(23)30-16/h5-6,11-12,14-15H,3-4,7-10,13H2,1-2H3. The van der Waals surface area contributed by atoms with E-state index in [1.165, 1.54) is 21.5 Å². The number of hydrogen-bond acceptors (Lipinski definition) is 5. The molecule has 158 valence electrons. The average molecular weight is 488 g/mol. The number of aromatic nitrogens is 3. The first-order chi connectivity index (χ1) is 14.5. The van der Waals surface area contributed by atoms with E-state index < -0.39 is 0 Å². The van der Waals surface area contributed by atoms with Crippen LogP contribution in [0.3, 0.4) is 0 Å². The van der Waals surface area contributed by atoms with Crippen LogP contribution in [0, 0.1) is 0 Å². The summed E-state index contributed by atoms with van der Waals surface area (Å²) in [5, 5.41) is 5.42. The first-order valence-corrected chi connectivity index (χ1v) is 12.2. The van der Waals surface area contributed by atoms with Crippen LogP contribution in [0.4, 0.5) is 0 Å². The second-order valence-corrected chi connectivity index (χ2v) is 11.1. The van der Waals surface area contributed by atoms with Crippen molar-refractivity contribution >= 4 is 44.2 Å². The SMILES string of the molecule is CC(C)n1ncc2c(C(=O)N3CCN(Cc4ccc(Br)s4)CC3)cc(C3CC3)nc21. The van der Waals surface area contributed by atoms with Crippen LogP contribution < -0.4 is 0 Å². The van der Waals surface area contributed by atoms with E-state index in [0.29, 0.717) is 5.92 Å². The zero-order valence-electron chi connectivity index (χ0n) is 17.3. The molecule has 1 saturated carbocycles. The van der Waals surface area contributed by atoms with Gasteiger partial charge in [-0.05, 0) is 60.8 Å². The summed E-state index contributed by atoms with van der Waals surface area (Å²) in [5.41, 5.74) is 2.67. The van der Waals surface area contributed by atoms with Crippen molar-refractivity contribution in [3.63, 3.8) is 0 Å². The second kappa shape index (κ2) is 8.05. The van der Waals surface area contributed by atoms with Gasteiger partial charge in [-0.25, -0.2) is 9.67 Å². The van der Waals surface area contributed by atoms with Gasteiger partial charge in [0.05, 0.1) is 20.9 Å². The van der Waals surface area contributed by atoms with Crippen molar-refractivity contribution in [2.45, 2.75) is 45.2 Å². The molecule has 30 heavy (non-hydrogen) atoms. The summed E-state index contributed by atoms with van der Waals surface area (Å²) < 4.78 is 3.11. The van der Waals surface area contributed by atoms with Crippen molar-refractivity contribution in [2.24, 2.45) is 0 Å². The van der Waals surface area contributed by atoms with Crippen LogP contribution in [0.25, 0.3) is 11.0 Å². The smallest absolute Gasteiger partial charge is 0.254 e. The highest BCUT2D eigenvalue weighted by atomic mass is 79.9. The van der Waals surface area contributed by atoms with Gasteiger partial charge in [0.25, 0.3) is 5.91 Å². The minimum atomic E-state index is 0.117. The third-order valence-corrected chi connectivity index (χ3v) is 7.58. The zero-order valence-corrected chi connectivity index (χ0v) is 19.7. The number of rotatable bonds is 5. The minimum absolute atomic E-state index is 0.117. The lowest BCUT2D eigenvalue weighted by molar-refractivity contribution is 0.0631. The lowest BCUT2D eigenvalue weighted by atomic mass is 10.1. The lowest BCUT2D eigenvalue weighted by Crippen LogP contribution is -2.48. The van der Waals surface area contributed by atoms with E-state index in [-0.39, 0.29) is 11.9 Å². The fraction of sp³-hybridized carbons (Fsp3) is 0.500. The summed E-state index contributed by atoms with van der Waals surface area (Å²) in [5.74, 6) is 0.615. The second-order valence-electron chi connectivity index (χ2n) is 8.56. The number of piperazine rings is 1. The summed E-state index contributed by atoms with van der Waals surface area (Å²) in [6, 6.07) is 6.52. The van der Waals surface area contributed by atoms with E-state index >= 15 is 0 Å². The number of nitrogens with zero attached hydrogens (tertiary/aromatic N) is 5. The molecular formula is C22H26BrN5OS. The Kier molecular flexibility index (Phi) is 5.41. The Labute approximate surface area is 189 Å². The normalized spacial score (nSPS) is 17.9. The van der Waals surface area contributed by atoms with Crippen molar-refractivity contribution in [2.75, 3.05) is 26.2 Å². The number of amides is 1. The van der Waals surface area contributed by atoms with Gasteiger partial charge < -0.3 is 4.90 Å². The molecular weight excluding hydrogens is 462 g/mol. The lowest BCUT2D eigenvalue weighted by Gasteiger charge is -2.34. The summed E-state index contributed by atoms with van der Waals surface area (Å²) in [7, 11) is 0. The molecule has 5 rings (SSSR count). The maximum Gasteiger partial charge on any atom is 0.254 e. The average Bonchev–Trinajstić information content (AvgIpc) is 3.37. The minimum Gasteiger partial charge on any atom is -0.336 e. The number of carbonyl (C=O) groups is 1. The molecule has 0 unspecified atom stereocenters. The fourth-order valence-electron chi connectivity index (χ4n) is 4.12. The molecule has 3 aromatic rings. The van der Waals surface area contributed by atoms with Crippen molar-refractivity contribution in [1.82, 2.24) is 24.6 Å². The van der Waals surface area contributed by atoms with Gasteiger partial charge in [0.15, 0.2) is 5.65 Å². The van der Waals surface area contributed by atoms with Crippen LogP contribution in [0.1, 0.15) is 59.6 Å². The number of carbonyl (C=O) groups excluding carboxylic acids is 1. The molecule has 3 aromatic heterocycles.